The minimum Gasteiger partial charge on any atom is -0.372 e. The van der Waals surface area contributed by atoms with Gasteiger partial charge in [0.15, 0.2) is 0 Å². The van der Waals surface area contributed by atoms with Crippen LogP contribution in [-0.4, -0.2) is 34.0 Å². The SMILES string of the molecule is CC(C)(C)c1ccc(S(=O)(=O)NCCC(=O)NCc2ccc(N3CCCC3)cc2)cc1. The number of benzene rings is 2. The molecule has 3 rings (SSSR count). The Balaban J connectivity index is 1.43. The van der Waals surface area contributed by atoms with E-state index in [0.29, 0.717) is 6.54 Å². The number of amides is 1. The lowest BCUT2D eigenvalue weighted by Crippen LogP contribution is -2.30. The van der Waals surface area contributed by atoms with E-state index in [4.69, 9.17) is 0 Å². The van der Waals surface area contributed by atoms with Crippen molar-refractivity contribution in [1.29, 1.82) is 0 Å². The second-order valence-electron chi connectivity index (χ2n) is 9.06. The number of carbonyl (C=O) groups excluding carboxylic acids is 1. The molecule has 1 fully saturated rings. The van der Waals surface area contributed by atoms with Crippen molar-refractivity contribution in [3.05, 3.63) is 59.7 Å². The number of rotatable bonds is 8. The molecule has 0 spiro atoms. The van der Waals surface area contributed by atoms with Crippen LogP contribution < -0.4 is 14.9 Å². The highest BCUT2D eigenvalue weighted by molar-refractivity contribution is 7.89. The third kappa shape index (κ3) is 6.55. The lowest BCUT2D eigenvalue weighted by atomic mass is 9.87. The summed E-state index contributed by atoms with van der Waals surface area (Å²) in [7, 11) is -3.63. The highest BCUT2D eigenvalue weighted by Crippen LogP contribution is 2.23. The Kier molecular flexibility index (Phi) is 7.38. The molecular weight excluding hydrogens is 410 g/mol. The Hall–Kier alpha value is -2.38. The van der Waals surface area contributed by atoms with Gasteiger partial charge in [-0.15, -0.1) is 0 Å². The van der Waals surface area contributed by atoms with Crippen LogP contribution in [0.15, 0.2) is 53.4 Å². The summed E-state index contributed by atoms with van der Waals surface area (Å²) in [6.45, 7) is 8.93. The maximum absolute atomic E-state index is 12.4. The average Bonchev–Trinajstić information content (AvgIpc) is 3.27. The van der Waals surface area contributed by atoms with Crippen molar-refractivity contribution in [2.24, 2.45) is 0 Å². The molecule has 1 heterocycles. The van der Waals surface area contributed by atoms with E-state index in [1.807, 2.05) is 24.3 Å². The molecule has 2 aromatic carbocycles. The van der Waals surface area contributed by atoms with Crippen LogP contribution in [0.5, 0.6) is 0 Å². The number of sulfonamides is 1. The summed E-state index contributed by atoms with van der Waals surface area (Å²) in [5.41, 5.74) is 3.27. The molecule has 0 unspecified atom stereocenters. The van der Waals surface area contributed by atoms with Crippen molar-refractivity contribution in [2.75, 3.05) is 24.5 Å². The first-order chi connectivity index (χ1) is 14.6. The van der Waals surface area contributed by atoms with Crippen LogP contribution in [0.4, 0.5) is 5.69 Å². The molecule has 2 N–H and O–H groups in total. The predicted octanol–water partition coefficient (Wildman–Crippen LogP) is 3.57. The Morgan fingerprint density at radius 3 is 2.16 bits per heavy atom. The van der Waals surface area contributed by atoms with Gasteiger partial charge in [0, 0.05) is 38.3 Å². The minimum atomic E-state index is -3.63. The van der Waals surface area contributed by atoms with Gasteiger partial charge in [0.1, 0.15) is 0 Å². The lowest BCUT2D eigenvalue weighted by molar-refractivity contribution is -0.121. The van der Waals surface area contributed by atoms with Gasteiger partial charge < -0.3 is 10.2 Å². The topological polar surface area (TPSA) is 78.5 Å². The van der Waals surface area contributed by atoms with E-state index in [-0.39, 0.29) is 29.2 Å². The van der Waals surface area contributed by atoms with Gasteiger partial charge in [0.05, 0.1) is 4.90 Å². The van der Waals surface area contributed by atoms with Gasteiger partial charge in [-0.2, -0.15) is 0 Å². The fourth-order valence-corrected chi connectivity index (χ4v) is 4.64. The zero-order valence-corrected chi connectivity index (χ0v) is 19.5. The molecule has 0 aromatic heterocycles. The van der Waals surface area contributed by atoms with Crippen molar-refractivity contribution in [3.8, 4) is 0 Å². The molecule has 168 valence electrons. The Morgan fingerprint density at radius 1 is 0.968 bits per heavy atom. The van der Waals surface area contributed by atoms with Gasteiger partial charge in [-0.25, -0.2) is 13.1 Å². The Bertz CT molecular complexity index is 972. The molecule has 0 saturated carbocycles. The highest BCUT2D eigenvalue weighted by atomic mass is 32.2. The van der Waals surface area contributed by atoms with Crippen molar-refractivity contribution >= 4 is 21.6 Å². The first-order valence-electron chi connectivity index (χ1n) is 10.9. The van der Waals surface area contributed by atoms with Gasteiger partial charge in [0.2, 0.25) is 15.9 Å². The standard InChI is InChI=1S/C24H33N3O3S/c1-24(2,3)20-8-12-22(13-9-20)31(29,30)26-15-14-23(28)25-18-19-6-10-21(11-7-19)27-16-4-5-17-27/h6-13,26H,4-5,14-18H2,1-3H3,(H,25,28). The van der Waals surface area contributed by atoms with Crippen LogP contribution >= 0.6 is 0 Å². The lowest BCUT2D eigenvalue weighted by Gasteiger charge is -2.19. The molecule has 6 nitrogen and oxygen atoms in total. The number of carbonyl (C=O) groups is 1. The number of anilines is 1. The summed E-state index contributed by atoms with van der Waals surface area (Å²) in [5.74, 6) is -0.186. The third-order valence-corrected chi connectivity index (χ3v) is 7.05. The summed E-state index contributed by atoms with van der Waals surface area (Å²) in [6.07, 6.45) is 2.57. The molecule has 31 heavy (non-hydrogen) atoms. The Morgan fingerprint density at radius 2 is 1.58 bits per heavy atom. The van der Waals surface area contributed by atoms with E-state index in [0.717, 1.165) is 24.2 Å². The third-order valence-electron chi connectivity index (χ3n) is 5.57. The molecule has 1 aliphatic heterocycles. The van der Waals surface area contributed by atoms with E-state index in [9.17, 15) is 13.2 Å². The second kappa shape index (κ2) is 9.83. The second-order valence-corrected chi connectivity index (χ2v) is 10.8. The van der Waals surface area contributed by atoms with Gasteiger partial charge >= 0.3 is 0 Å². The molecule has 1 saturated heterocycles. The molecule has 1 amide bonds. The molecular formula is C24H33N3O3S. The van der Waals surface area contributed by atoms with Crippen molar-refractivity contribution in [1.82, 2.24) is 10.0 Å². The summed E-state index contributed by atoms with van der Waals surface area (Å²) in [5, 5.41) is 2.85. The van der Waals surface area contributed by atoms with Crippen LogP contribution in [0, 0.1) is 0 Å². The van der Waals surface area contributed by atoms with Crippen LogP contribution in [-0.2, 0) is 26.8 Å². The zero-order valence-electron chi connectivity index (χ0n) is 18.6. The fraction of sp³-hybridized carbons (Fsp3) is 0.458. The van der Waals surface area contributed by atoms with Gasteiger partial charge in [-0.05, 0) is 53.6 Å². The largest absolute Gasteiger partial charge is 0.372 e. The van der Waals surface area contributed by atoms with E-state index >= 15 is 0 Å². The maximum Gasteiger partial charge on any atom is 0.240 e. The monoisotopic (exact) mass is 443 g/mol. The van der Waals surface area contributed by atoms with Gasteiger partial charge in [-0.3, -0.25) is 4.79 Å². The molecule has 0 atom stereocenters. The molecule has 1 aliphatic rings. The van der Waals surface area contributed by atoms with Gasteiger partial charge in [-0.1, -0.05) is 45.0 Å². The molecule has 0 radical (unpaired) electrons. The van der Waals surface area contributed by atoms with E-state index < -0.39 is 10.0 Å². The van der Waals surface area contributed by atoms with Crippen molar-refractivity contribution in [2.45, 2.75) is 56.9 Å². The normalized spacial score (nSPS) is 14.6. The fourth-order valence-electron chi connectivity index (χ4n) is 3.61. The quantitative estimate of drug-likeness (QED) is 0.654. The van der Waals surface area contributed by atoms with E-state index in [2.05, 4.69) is 47.8 Å². The predicted molar refractivity (Wildman–Crippen MR) is 125 cm³/mol. The smallest absolute Gasteiger partial charge is 0.240 e. The number of nitrogens with zero attached hydrogens (tertiary/aromatic N) is 1. The van der Waals surface area contributed by atoms with E-state index in [1.165, 1.54) is 18.5 Å². The van der Waals surface area contributed by atoms with Gasteiger partial charge in [0.25, 0.3) is 0 Å². The molecule has 2 aromatic rings. The summed E-state index contributed by atoms with van der Waals surface area (Å²) < 4.78 is 27.4. The number of nitrogens with one attached hydrogen (secondary N) is 2. The molecule has 0 bridgehead atoms. The first kappa shape index (κ1) is 23.3. The summed E-state index contributed by atoms with van der Waals surface area (Å²) in [4.78, 5) is 14.7. The first-order valence-corrected chi connectivity index (χ1v) is 12.3. The maximum atomic E-state index is 12.4. The van der Waals surface area contributed by atoms with Crippen LogP contribution in [0.1, 0.15) is 51.2 Å². The summed E-state index contributed by atoms with van der Waals surface area (Å²) in [6, 6.07) is 15.1. The number of hydrogen-bond donors (Lipinski definition) is 2. The molecule has 7 heteroatoms. The van der Waals surface area contributed by atoms with Crippen LogP contribution in [0.2, 0.25) is 0 Å². The highest BCUT2D eigenvalue weighted by Gasteiger charge is 2.18. The summed E-state index contributed by atoms with van der Waals surface area (Å²) >= 11 is 0. The van der Waals surface area contributed by atoms with Crippen molar-refractivity contribution in [3.63, 3.8) is 0 Å². The van der Waals surface area contributed by atoms with E-state index in [1.54, 1.807) is 12.1 Å². The van der Waals surface area contributed by atoms with Crippen LogP contribution in [0.3, 0.4) is 0 Å². The zero-order chi connectivity index (χ0) is 22.5. The van der Waals surface area contributed by atoms with Crippen LogP contribution in [0.25, 0.3) is 0 Å². The van der Waals surface area contributed by atoms with Crippen molar-refractivity contribution < 1.29 is 13.2 Å². The number of hydrogen-bond acceptors (Lipinski definition) is 4. The minimum absolute atomic E-state index is 0.0394. The average molecular weight is 444 g/mol. The Labute approximate surface area is 186 Å². The molecule has 0 aliphatic carbocycles.